The quantitative estimate of drug-likeness (QED) is 0.659. The molecular weight excluding hydrogens is 210 g/mol. The Labute approximate surface area is 107 Å². The van der Waals surface area contributed by atoms with Gasteiger partial charge in [0.25, 0.3) is 0 Å². The van der Waals surface area contributed by atoms with Crippen LogP contribution in [0.4, 0.5) is 0 Å². The van der Waals surface area contributed by atoms with Crippen molar-refractivity contribution in [3.8, 4) is 0 Å². The van der Waals surface area contributed by atoms with E-state index in [0.717, 1.165) is 13.1 Å². The zero-order chi connectivity index (χ0) is 12.3. The third kappa shape index (κ3) is 7.02. The predicted octanol–water partition coefficient (Wildman–Crippen LogP) is 1.92. The van der Waals surface area contributed by atoms with Gasteiger partial charge in [-0.15, -0.1) is 0 Å². The third-order valence-corrected chi connectivity index (χ3v) is 3.70. The lowest BCUT2D eigenvalue weighted by atomic mass is 10.1. The van der Waals surface area contributed by atoms with E-state index in [2.05, 4.69) is 16.7 Å². The first-order valence-electron chi connectivity index (χ1n) is 7.51. The summed E-state index contributed by atoms with van der Waals surface area (Å²) in [5.74, 6) is 0. The summed E-state index contributed by atoms with van der Waals surface area (Å²) in [6.45, 7) is 10.4. The molecule has 0 aromatic carbocycles. The minimum absolute atomic E-state index is 0.803. The van der Waals surface area contributed by atoms with Crippen LogP contribution in [0.1, 0.15) is 45.4 Å². The topological polar surface area (TPSA) is 32.5 Å². The summed E-state index contributed by atoms with van der Waals surface area (Å²) in [5.41, 5.74) is 5.62. The van der Waals surface area contributed by atoms with Crippen LogP contribution >= 0.6 is 0 Å². The van der Waals surface area contributed by atoms with Gasteiger partial charge in [0, 0.05) is 26.2 Å². The van der Waals surface area contributed by atoms with Gasteiger partial charge in [-0.3, -0.25) is 0 Å². The molecule has 17 heavy (non-hydrogen) atoms. The second kappa shape index (κ2) is 9.86. The first-order chi connectivity index (χ1) is 8.36. The van der Waals surface area contributed by atoms with Gasteiger partial charge >= 0.3 is 0 Å². The van der Waals surface area contributed by atoms with Crippen molar-refractivity contribution in [3.05, 3.63) is 0 Å². The highest BCUT2D eigenvalue weighted by Crippen LogP contribution is 2.07. The van der Waals surface area contributed by atoms with E-state index in [1.165, 1.54) is 71.2 Å². The van der Waals surface area contributed by atoms with E-state index >= 15 is 0 Å². The molecule has 3 heteroatoms. The van der Waals surface area contributed by atoms with Crippen LogP contribution in [0, 0.1) is 0 Å². The molecule has 3 nitrogen and oxygen atoms in total. The normalized spacial score (nSPS) is 19.4. The maximum atomic E-state index is 5.62. The van der Waals surface area contributed by atoms with Gasteiger partial charge in [0.1, 0.15) is 0 Å². The Morgan fingerprint density at radius 2 is 1.47 bits per heavy atom. The standard InChI is InChI=1S/C14H31N3/c1-2-3-4-5-6-9-16-10-7-11-17(12-8-15)14-13-16/h2-15H2,1H3. The van der Waals surface area contributed by atoms with Gasteiger partial charge in [-0.1, -0.05) is 32.6 Å². The molecule has 0 atom stereocenters. The Kier molecular flexibility index (Phi) is 8.67. The van der Waals surface area contributed by atoms with E-state index in [1.807, 2.05) is 0 Å². The molecule has 0 radical (unpaired) electrons. The Morgan fingerprint density at radius 1 is 0.824 bits per heavy atom. The molecule has 0 amide bonds. The van der Waals surface area contributed by atoms with E-state index in [0.29, 0.717) is 0 Å². The third-order valence-electron chi connectivity index (χ3n) is 3.70. The molecule has 102 valence electrons. The van der Waals surface area contributed by atoms with Crippen LogP contribution in [-0.2, 0) is 0 Å². The van der Waals surface area contributed by atoms with Crippen molar-refractivity contribution in [2.75, 3.05) is 45.8 Å². The molecule has 1 heterocycles. The molecule has 2 N–H and O–H groups in total. The molecule has 1 aliphatic rings. The SMILES string of the molecule is CCCCCCCN1CCCN(CCN)CC1. The highest BCUT2D eigenvalue weighted by Gasteiger charge is 2.13. The average molecular weight is 241 g/mol. The smallest absolute Gasteiger partial charge is 0.0110 e. The van der Waals surface area contributed by atoms with Gasteiger partial charge in [-0.05, 0) is 32.5 Å². The van der Waals surface area contributed by atoms with E-state index in [4.69, 9.17) is 5.73 Å². The van der Waals surface area contributed by atoms with Crippen molar-refractivity contribution in [1.29, 1.82) is 0 Å². The lowest BCUT2D eigenvalue weighted by Crippen LogP contribution is -2.34. The monoisotopic (exact) mass is 241 g/mol. The predicted molar refractivity (Wildman–Crippen MR) is 75.3 cm³/mol. The Balaban J connectivity index is 2.05. The molecule has 0 bridgehead atoms. The Morgan fingerprint density at radius 3 is 2.12 bits per heavy atom. The van der Waals surface area contributed by atoms with Gasteiger partial charge in [-0.25, -0.2) is 0 Å². The molecule has 1 rings (SSSR count). The maximum absolute atomic E-state index is 5.62. The zero-order valence-electron chi connectivity index (χ0n) is 11.7. The first-order valence-corrected chi connectivity index (χ1v) is 7.51. The van der Waals surface area contributed by atoms with E-state index in [-0.39, 0.29) is 0 Å². The van der Waals surface area contributed by atoms with Crippen LogP contribution < -0.4 is 5.73 Å². The number of nitrogens with two attached hydrogens (primary N) is 1. The summed E-state index contributed by atoms with van der Waals surface area (Å²) in [5, 5.41) is 0. The summed E-state index contributed by atoms with van der Waals surface area (Å²) in [4.78, 5) is 5.15. The van der Waals surface area contributed by atoms with Gasteiger partial charge in [0.15, 0.2) is 0 Å². The fraction of sp³-hybridized carbons (Fsp3) is 1.00. The van der Waals surface area contributed by atoms with Crippen molar-refractivity contribution in [3.63, 3.8) is 0 Å². The largest absolute Gasteiger partial charge is 0.329 e. The summed E-state index contributed by atoms with van der Waals surface area (Å²) in [6, 6.07) is 0. The molecule has 0 aromatic heterocycles. The molecule has 0 saturated carbocycles. The van der Waals surface area contributed by atoms with Crippen LogP contribution in [0.25, 0.3) is 0 Å². The number of rotatable bonds is 8. The second-order valence-electron chi connectivity index (χ2n) is 5.24. The van der Waals surface area contributed by atoms with Crippen LogP contribution in [0.15, 0.2) is 0 Å². The van der Waals surface area contributed by atoms with E-state index in [9.17, 15) is 0 Å². The summed E-state index contributed by atoms with van der Waals surface area (Å²) in [7, 11) is 0. The highest BCUT2D eigenvalue weighted by atomic mass is 15.2. The Hall–Kier alpha value is -0.120. The fourth-order valence-corrected chi connectivity index (χ4v) is 2.59. The van der Waals surface area contributed by atoms with Crippen LogP contribution in [0.3, 0.4) is 0 Å². The summed E-state index contributed by atoms with van der Waals surface area (Å²) < 4.78 is 0. The number of unbranched alkanes of at least 4 members (excludes halogenated alkanes) is 4. The highest BCUT2D eigenvalue weighted by molar-refractivity contribution is 4.69. The van der Waals surface area contributed by atoms with Crippen molar-refractivity contribution in [1.82, 2.24) is 9.80 Å². The maximum Gasteiger partial charge on any atom is 0.0110 e. The average Bonchev–Trinajstić information content (AvgIpc) is 2.55. The van der Waals surface area contributed by atoms with Crippen molar-refractivity contribution < 1.29 is 0 Å². The molecule has 0 aromatic rings. The molecular formula is C14H31N3. The van der Waals surface area contributed by atoms with Gasteiger partial charge in [-0.2, -0.15) is 0 Å². The molecule has 1 fully saturated rings. The Bertz CT molecular complexity index is 173. The van der Waals surface area contributed by atoms with Crippen LogP contribution in [0.5, 0.6) is 0 Å². The van der Waals surface area contributed by atoms with Crippen molar-refractivity contribution in [2.45, 2.75) is 45.4 Å². The van der Waals surface area contributed by atoms with Crippen LogP contribution in [0.2, 0.25) is 0 Å². The minimum Gasteiger partial charge on any atom is -0.329 e. The van der Waals surface area contributed by atoms with Crippen LogP contribution in [-0.4, -0.2) is 55.6 Å². The molecule has 1 aliphatic heterocycles. The minimum atomic E-state index is 0.803. The van der Waals surface area contributed by atoms with Crippen molar-refractivity contribution in [2.24, 2.45) is 5.73 Å². The van der Waals surface area contributed by atoms with Gasteiger partial charge in [0.2, 0.25) is 0 Å². The lowest BCUT2D eigenvalue weighted by Gasteiger charge is -2.21. The lowest BCUT2D eigenvalue weighted by molar-refractivity contribution is 0.256. The number of hydrogen-bond acceptors (Lipinski definition) is 3. The second-order valence-corrected chi connectivity index (χ2v) is 5.24. The summed E-state index contributed by atoms with van der Waals surface area (Å²) >= 11 is 0. The zero-order valence-corrected chi connectivity index (χ0v) is 11.7. The first kappa shape index (κ1) is 14.9. The van der Waals surface area contributed by atoms with Gasteiger partial charge in [0.05, 0.1) is 0 Å². The van der Waals surface area contributed by atoms with Gasteiger partial charge < -0.3 is 15.5 Å². The van der Waals surface area contributed by atoms with Crippen molar-refractivity contribution >= 4 is 0 Å². The number of hydrogen-bond donors (Lipinski definition) is 1. The summed E-state index contributed by atoms with van der Waals surface area (Å²) in [6.07, 6.45) is 8.29. The number of nitrogens with zero attached hydrogens (tertiary/aromatic N) is 2. The van der Waals surface area contributed by atoms with E-state index in [1.54, 1.807) is 0 Å². The molecule has 1 saturated heterocycles. The van der Waals surface area contributed by atoms with E-state index < -0.39 is 0 Å². The molecule has 0 unspecified atom stereocenters. The fourth-order valence-electron chi connectivity index (χ4n) is 2.59. The molecule has 0 spiro atoms. The molecule has 0 aliphatic carbocycles.